The van der Waals surface area contributed by atoms with Crippen LogP contribution in [0.2, 0.25) is 0 Å². The van der Waals surface area contributed by atoms with Gasteiger partial charge < -0.3 is 33.2 Å². The van der Waals surface area contributed by atoms with Gasteiger partial charge in [-0.15, -0.1) is 10.2 Å². The molecule has 0 saturated carbocycles. The molecule has 3 aromatic rings. The van der Waals surface area contributed by atoms with Crippen LogP contribution in [-0.2, 0) is 0 Å². The number of rotatable bonds is 8. The summed E-state index contributed by atoms with van der Waals surface area (Å²) in [7, 11) is 0. The van der Waals surface area contributed by atoms with Crippen LogP contribution in [0.5, 0.6) is 0 Å². The minimum atomic E-state index is -0.266. The van der Waals surface area contributed by atoms with E-state index in [4.69, 9.17) is 22.9 Å². The highest BCUT2D eigenvalue weighted by atomic mass is 16.1. The number of anilines is 1. The van der Waals surface area contributed by atoms with Crippen molar-refractivity contribution in [3.8, 4) is 0 Å². The van der Waals surface area contributed by atoms with Gasteiger partial charge in [0.15, 0.2) is 0 Å². The van der Waals surface area contributed by atoms with Gasteiger partial charge in [-0.3, -0.25) is 4.79 Å². The summed E-state index contributed by atoms with van der Waals surface area (Å²) < 4.78 is 0. The number of fused-ring (bicyclic) bond motifs is 1. The summed E-state index contributed by atoms with van der Waals surface area (Å²) in [6.45, 7) is 5.97. The molecule has 0 atom stereocenters. The number of hydrogen-bond acceptors (Lipinski definition) is 5. The van der Waals surface area contributed by atoms with Crippen molar-refractivity contribution < 1.29 is 4.79 Å². The van der Waals surface area contributed by atoms with Gasteiger partial charge in [0.1, 0.15) is 5.69 Å². The molecule has 0 unspecified atom stereocenters. The van der Waals surface area contributed by atoms with Crippen LogP contribution in [0.15, 0.2) is 68.9 Å². The van der Waals surface area contributed by atoms with E-state index in [0.29, 0.717) is 29.4 Å². The molecule has 2 aromatic carbocycles. The number of carbonyl (C=O) groups is 1. The molecule has 3 rings (SSSR count). The number of H-pyrrole nitrogens is 1. The SMILES string of the molecule is C/C(=N/N=C(N)N)c1ccc(NC(=O)c2cc3cc(/C(CC(C)C)=N\N=C(N)N)ccc3[nH]2)cc1. The second-order valence-corrected chi connectivity index (χ2v) is 8.40. The fraction of sp³-hybridized carbons (Fsp3) is 0.208. The number of guanidine groups is 2. The molecule has 35 heavy (non-hydrogen) atoms. The van der Waals surface area contributed by atoms with Gasteiger partial charge in [0.25, 0.3) is 5.91 Å². The van der Waals surface area contributed by atoms with Crippen LogP contribution in [0.3, 0.4) is 0 Å². The number of nitrogens with zero attached hydrogens (tertiary/aromatic N) is 4. The minimum Gasteiger partial charge on any atom is -0.369 e. The van der Waals surface area contributed by atoms with Gasteiger partial charge in [0, 0.05) is 16.6 Å². The molecule has 0 aliphatic heterocycles. The van der Waals surface area contributed by atoms with E-state index in [1.54, 1.807) is 25.1 Å². The molecule has 1 heterocycles. The third-order valence-electron chi connectivity index (χ3n) is 4.96. The lowest BCUT2D eigenvalue weighted by Gasteiger charge is -2.08. The topological polar surface area (TPSA) is 198 Å². The normalized spacial score (nSPS) is 12.0. The molecule has 182 valence electrons. The van der Waals surface area contributed by atoms with Crippen molar-refractivity contribution in [2.24, 2.45) is 49.3 Å². The monoisotopic (exact) mass is 474 g/mol. The Balaban J connectivity index is 1.80. The first-order chi connectivity index (χ1) is 16.6. The van der Waals surface area contributed by atoms with Gasteiger partial charge in [-0.2, -0.15) is 10.2 Å². The maximum atomic E-state index is 12.8. The number of aromatic amines is 1. The average molecular weight is 475 g/mol. The lowest BCUT2D eigenvalue weighted by atomic mass is 9.99. The second-order valence-electron chi connectivity index (χ2n) is 8.40. The van der Waals surface area contributed by atoms with Gasteiger partial charge in [-0.25, -0.2) is 0 Å². The molecular formula is C24H30N10O. The van der Waals surface area contributed by atoms with E-state index in [-0.39, 0.29) is 17.8 Å². The number of nitrogens with one attached hydrogen (secondary N) is 2. The molecule has 10 N–H and O–H groups in total. The Bertz CT molecular complexity index is 1320. The molecule has 11 heteroatoms. The van der Waals surface area contributed by atoms with Gasteiger partial charge >= 0.3 is 0 Å². The lowest BCUT2D eigenvalue weighted by Crippen LogP contribution is -2.22. The maximum absolute atomic E-state index is 12.8. The van der Waals surface area contributed by atoms with Gasteiger partial charge in [-0.05, 0) is 60.7 Å². The summed E-state index contributed by atoms with van der Waals surface area (Å²) in [6, 6.07) is 14.8. The first kappa shape index (κ1) is 25.0. The summed E-state index contributed by atoms with van der Waals surface area (Å²) in [6.07, 6.45) is 0.701. The number of carbonyl (C=O) groups excluding carboxylic acids is 1. The Labute approximate surface area is 203 Å². The van der Waals surface area contributed by atoms with Crippen LogP contribution in [0.1, 0.15) is 48.8 Å². The minimum absolute atomic E-state index is 0.0998. The second kappa shape index (κ2) is 11.0. The first-order valence-corrected chi connectivity index (χ1v) is 11.0. The standard InChI is InChI=1S/C24H30N10O/c1-13(2)10-20(32-34-24(27)28)16-6-9-19-17(11-16)12-21(30-19)22(35)29-18-7-4-15(5-8-18)14(3)31-33-23(25)26/h4-9,11-13,30H,10H2,1-3H3,(H,29,35)(H4,25,26,33)(H4,27,28,34)/b31-14-,32-20-. The summed E-state index contributed by atoms with van der Waals surface area (Å²) in [4.78, 5) is 16.0. The van der Waals surface area contributed by atoms with E-state index in [1.807, 2.05) is 30.3 Å². The third-order valence-corrected chi connectivity index (χ3v) is 4.96. The summed E-state index contributed by atoms with van der Waals surface area (Å²) in [5.74, 6) is -0.120. The van der Waals surface area contributed by atoms with Gasteiger partial charge in [0.05, 0.1) is 11.4 Å². The highest BCUT2D eigenvalue weighted by Gasteiger charge is 2.13. The zero-order chi connectivity index (χ0) is 25.5. The fourth-order valence-corrected chi connectivity index (χ4v) is 3.34. The quantitative estimate of drug-likeness (QED) is 0.165. The van der Waals surface area contributed by atoms with Crippen LogP contribution in [0, 0.1) is 5.92 Å². The fourth-order valence-electron chi connectivity index (χ4n) is 3.34. The number of amides is 1. The molecule has 0 bridgehead atoms. The summed E-state index contributed by atoms with van der Waals surface area (Å²) in [5, 5.41) is 19.4. The van der Waals surface area contributed by atoms with Crippen LogP contribution < -0.4 is 28.3 Å². The number of hydrogen-bond donors (Lipinski definition) is 6. The summed E-state index contributed by atoms with van der Waals surface area (Å²) >= 11 is 0. The Morgan fingerprint density at radius 2 is 1.51 bits per heavy atom. The van der Waals surface area contributed by atoms with Gasteiger partial charge in [0.2, 0.25) is 11.9 Å². The van der Waals surface area contributed by atoms with Crippen LogP contribution in [0.25, 0.3) is 10.9 Å². The Morgan fingerprint density at radius 1 is 0.886 bits per heavy atom. The highest BCUT2D eigenvalue weighted by molar-refractivity contribution is 6.08. The van der Waals surface area contributed by atoms with E-state index in [0.717, 1.165) is 27.7 Å². The molecule has 0 aliphatic carbocycles. The Kier molecular flexibility index (Phi) is 7.82. The number of aromatic nitrogens is 1. The van der Waals surface area contributed by atoms with E-state index in [1.165, 1.54) is 0 Å². The first-order valence-electron chi connectivity index (χ1n) is 11.0. The average Bonchev–Trinajstić information content (AvgIpc) is 3.24. The summed E-state index contributed by atoms with van der Waals surface area (Å²) in [5.41, 5.74) is 26.5. The van der Waals surface area contributed by atoms with Crippen molar-refractivity contribution >= 4 is 45.8 Å². The number of benzene rings is 2. The Hall–Kier alpha value is -4.67. The van der Waals surface area contributed by atoms with Crippen molar-refractivity contribution in [1.29, 1.82) is 0 Å². The van der Waals surface area contributed by atoms with Crippen molar-refractivity contribution in [2.45, 2.75) is 27.2 Å². The van der Waals surface area contributed by atoms with Crippen molar-refractivity contribution in [3.05, 3.63) is 65.4 Å². The molecule has 11 nitrogen and oxygen atoms in total. The van der Waals surface area contributed by atoms with Gasteiger partial charge in [-0.1, -0.05) is 32.0 Å². The highest BCUT2D eigenvalue weighted by Crippen LogP contribution is 2.21. The molecule has 0 radical (unpaired) electrons. The van der Waals surface area contributed by atoms with Crippen molar-refractivity contribution in [2.75, 3.05) is 5.32 Å². The molecule has 0 spiro atoms. The maximum Gasteiger partial charge on any atom is 0.272 e. The third kappa shape index (κ3) is 6.90. The van der Waals surface area contributed by atoms with E-state index >= 15 is 0 Å². The zero-order valence-corrected chi connectivity index (χ0v) is 19.9. The molecule has 0 fully saturated rings. The van der Waals surface area contributed by atoms with Crippen molar-refractivity contribution in [3.63, 3.8) is 0 Å². The predicted molar refractivity (Wildman–Crippen MR) is 143 cm³/mol. The van der Waals surface area contributed by atoms with E-state index < -0.39 is 0 Å². The number of nitrogens with two attached hydrogens (primary N) is 4. The smallest absolute Gasteiger partial charge is 0.272 e. The lowest BCUT2D eigenvalue weighted by molar-refractivity contribution is 0.102. The molecule has 1 amide bonds. The van der Waals surface area contributed by atoms with Crippen molar-refractivity contribution in [1.82, 2.24) is 4.98 Å². The Morgan fingerprint density at radius 3 is 2.14 bits per heavy atom. The predicted octanol–water partition coefficient (Wildman–Crippen LogP) is 2.44. The molecular weight excluding hydrogens is 444 g/mol. The van der Waals surface area contributed by atoms with Crippen LogP contribution in [-0.4, -0.2) is 34.2 Å². The molecule has 0 saturated heterocycles. The van der Waals surface area contributed by atoms with Crippen LogP contribution in [0.4, 0.5) is 5.69 Å². The van der Waals surface area contributed by atoms with E-state index in [9.17, 15) is 4.79 Å². The molecule has 0 aliphatic rings. The zero-order valence-electron chi connectivity index (χ0n) is 19.9. The molecule has 1 aromatic heterocycles. The van der Waals surface area contributed by atoms with E-state index in [2.05, 4.69) is 44.6 Å². The van der Waals surface area contributed by atoms with Crippen LogP contribution >= 0.6 is 0 Å². The largest absolute Gasteiger partial charge is 0.369 e.